The Morgan fingerprint density at radius 3 is 2.93 bits per heavy atom. The number of unbranched alkanes of at least 4 members (excludes halogenated alkanes) is 1. The van der Waals surface area contributed by atoms with E-state index in [2.05, 4.69) is 25.2 Å². The SMILES string of the molecule is CCCCNC1(C#N)CCCC(C)C1. The normalized spacial score (nSPS) is 32.5. The fraction of sp³-hybridized carbons (Fsp3) is 0.917. The average molecular weight is 194 g/mol. The van der Waals surface area contributed by atoms with E-state index >= 15 is 0 Å². The second-order valence-corrected chi connectivity index (χ2v) is 4.68. The molecule has 0 radical (unpaired) electrons. The lowest BCUT2D eigenvalue weighted by molar-refractivity contribution is 0.241. The second kappa shape index (κ2) is 5.36. The van der Waals surface area contributed by atoms with Crippen molar-refractivity contribution in [2.24, 2.45) is 5.92 Å². The third kappa shape index (κ3) is 2.99. The smallest absolute Gasteiger partial charge is 0.107 e. The molecular weight excluding hydrogens is 172 g/mol. The van der Waals surface area contributed by atoms with Crippen LogP contribution in [-0.4, -0.2) is 12.1 Å². The van der Waals surface area contributed by atoms with Gasteiger partial charge in [-0.2, -0.15) is 5.26 Å². The van der Waals surface area contributed by atoms with Crippen molar-refractivity contribution in [1.29, 1.82) is 5.26 Å². The van der Waals surface area contributed by atoms with Gasteiger partial charge < -0.3 is 0 Å². The largest absolute Gasteiger partial charge is 0.299 e. The van der Waals surface area contributed by atoms with Gasteiger partial charge in [-0.25, -0.2) is 0 Å². The molecule has 1 saturated carbocycles. The van der Waals surface area contributed by atoms with Gasteiger partial charge in [-0.3, -0.25) is 5.32 Å². The van der Waals surface area contributed by atoms with E-state index in [0.29, 0.717) is 5.92 Å². The molecule has 0 amide bonds. The number of hydrogen-bond donors (Lipinski definition) is 1. The summed E-state index contributed by atoms with van der Waals surface area (Å²) in [5.41, 5.74) is -0.202. The maximum absolute atomic E-state index is 9.25. The van der Waals surface area contributed by atoms with Gasteiger partial charge in [-0.15, -0.1) is 0 Å². The molecule has 0 aliphatic heterocycles. The zero-order valence-corrected chi connectivity index (χ0v) is 9.47. The van der Waals surface area contributed by atoms with E-state index in [9.17, 15) is 5.26 Å². The molecule has 0 aromatic heterocycles. The van der Waals surface area contributed by atoms with Gasteiger partial charge in [0, 0.05) is 0 Å². The number of nitrogens with zero attached hydrogens (tertiary/aromatic N) is 1. The van der Waals surface area contributed by atoms with Crippen LogP contribution >= 0.6 is 0 Å². The first-order valence-corrected chi connectivity index (χ1v) is 5.89. The van der Waals surface area contributed by atoms with Gasteiger partial charge in [0.05, 0.1) is 6.07 Å². The fourth-order valence-corrected chi connectivity index (χ4v) is 2.36. The lowest BCUT2D eigenvalue weighted by Crippen LogP contribution is -2.47. The number of rotatable bonds is 4. The molecule has 14 heavy (non-hydrogen) atoms. The number of nitriles is 1. The molecule has 0 aromatic rings. The van der Waals surface area contributed by atoms with Crippen LogP contribution in [0.15, 0.2) is 0 Å². The molecule has 80 valence electrons. The van der Waals surface area contributed by atoms with Crippen LogP contribution in [0.25, 0.3) is 0 Å². The van der Waals surface area contributed by atoms with E-state index in [-0.39, 0.29) is 5.54 Å². The summed E-state index contributed by atoms with van der Waals surface area (Å²) in [6, 6.07) is 2.50. The second-order valence-electron chi connectivity index (χ2n) is 4.68. The predicted molar refractivity (Wildman–Crippen MR) is 58.9 cm³/mol. The monoisotopic (exact) mass is 194 g/mol. The first-order valence-electron chi connectivity index (χ1n) is 5.89. The zero-order valence-electron chi connectivity index (χ0n) is 9.47. The molecule has 0 spiro atoms. The summed E-state index contributed by atoms with van der Waals surface area (Å²) < 4.78 is 0. The van der Waals surface area contributed by atoms with Crippen molar-refractivity contribution in [3.05, 3.63) is 0 Å². The van der Waals surface area contributed by atoms with E-state index < -0.39 is 0 Å². The summed E-state index contributed by atoms with van der Waals surface area (Å²) in [6.45, 7) is 5.44. The molecule has 1 rings (SSSR count). The molecule has 0 heterocycles. The van der Waals surface area contributed by atoms with Gasteiger partial charge in [0.1, 0.15) is 5.54 Å². The molecule has 1 aliphatic rings. The van der Waals surface area contributed by atoms with Gasteiger partial charge >= 0.3 is 0 Å². The zero-order chi connectivity index (χ0) is 10.4. The van der Waals surface area contributed by atoms with Gasteiger partial charge in [0.2, 0.25) is 0 Å². The summed E-state index contributed by atoms with van der Waals surface area (Å²) in [5, 5.41) is 12.7. The van der Waals surface area contributed by atoms with Crippen molar-refractivity contribution in [3.8, 4) is 6.07 Å². The lowest BCUT2D eigenvalue weighted by Gasteiger charge is -2.35. The van der Waals surface area contributed by atoms with Crippen LogP contribution in [0, 0.1) is 17.2 Å². The number of hydrogen-bond acceptors (Lipinski definition) is 2. The van der Waals surface area contributed by atoms with E-state index in [1.54, 1.807) is 0 Å². The minimum Gasteiger partial charge on any atom is -0.299 e. The van der Waals surface area contributed by atoms with Gasteiger partial charge in [-0.1, -0.05) is 33.1 Å². The van der Waals surface area contributed by atoms with Crippen molar-refractivity contribution >= 4 is 0 Å². The molecule has 2 heteroatoms. The Kier molecular flexibility index (Phi) is 4.41. The first-order chi connectivity index (χ1) is 6.72. The maximum atomic E-state index is 9.25. The van der Waals surface area contributed by atoms with Crippen molar-refractivity contribution in [1.82, 2.24) is 5.32 Å². The van der Waals surface area contributed by atoms with Crippen LogP contribution in [0.4, 0.5) is 0 Å². The molecule has 1 fully saturated rings. The van der Waals surface area contributed by atoms with Crippen LogP contribution in [0.3, 0.4) is 0 Å². The maximum Gasteiger partial charge on any atom is 0.107 e. The van der Waals surface area contributed by atoms with Crippen LogP contribution < -0.4 is 5.32 Å². The highest BCUT2D eigenvalue weighted by molar-refractivity contribution is 5.09. The molecule has 2 atom stereocenters. The Hall–Kier alpha value is -0.550. The van der Waals surface area contributed by atoms with E-state index in [1.807, 2.05) is 0 Å². The lowest BCUT2D eigenvalue weighted by atomic mass is 9.77. The minimum absolute atomic E-state index is 0.202. The first kappa shape index (κ1) is 11.5. The Morgan fingerprint density at radius 1 is 1.57 bits per heavy atom. The fourth-order valence-electron chi connectivity index (χ4n) is 2.36. The van der Waals surface area contributed by atoms with Crippen molar-refractivity contribution in [3.63, 3.8) is 0 Å². The number of nitrogens with one attached hydrogen (secondary N) is 1. The van der Waals surface area contributed by atoms with Crippen molar-refractivity contribution in [2.45, 2.75) is 57.9 Å². The van der Waals surface area contributed by atoms with Gasteiger partial charge in [0.25, 0.3) is 0 Å². The Balaban J connectivity index is 2.44. The van der Waals surface area contributed by atoms with Crippen LogP contribution in [-0.2, 0) is 0 Å². The standard InChI is InChI=1S/C12H22N2/c1-3-4-8-14-12(10-13)7-5-6-11(2)9-12/h11,14H,3-9H2,1-2H3. The summed E-state index contributed by atoms with van der Waals surface area (Å²) in [5.74, 6) is 0.706. The van der Waals surface area contributed by atoms with Crippen molar-refractivity contribution in [2.75, 3.05) is 6.54 Å². The molecule has 1 N–H and O–H groups in total. The Bertz CT molecular complexity index is 207. The van der Waals surface area contributed by atoms with Gasteiger partial charge in [-0.05, 0) is 31.7 Å². The Morgan fingerprint density at radius 2 is 2.36 bits per heavy atom. The van der Waals surface area contributed by atoms with E-state index in [0.717, 1.165) is 19.4 Å². The van der Waals surface area contributed by atoms with Crippen LogP contribution in [0.5, 0.6) is 0 Å². The summed E-state index contributed by atoms with van der Waals surface area (Å²) in [6.07, 6.45) is 6.94. The highest BCUT2D eigenvalue weighted by atomic mass is 15.0. The molecular formula is C12H22N2. The molecule has 1 aliphatic carbocycles. The van der Waals surface area contributed by atoms with Crippen LogP contribution in [0.1, 0.15) is 52.4 Å². The molecule has 0 bridgehead atoms. The van der Waals surface area contributed by atoms with E-state index in [1.165, 1.54) is 25.7 Å². The molecule has 2 nitrogen and oxygen atoms in total. The Labute approximate surface area is 87.7 Å². The molecule has 2 unspecified atom stereocenters. The highest BCUT2D eigenvalue weighted by Crippen LogP contribution is 2.31. The van der Waals surface area contributed by atoms with Crippen LogP contribution in [0.2, 0.25) is 0 Å². The average Bonchev–Trinajstić information content (AvgIpc) is 2.18. The summed E-state index contributed by atoms with van der Waals surface area (Å²) in [7, 11) is 0. The third-order valence-corrected chi connectivity index (χ3v) is 3.21. The summed E-state index contributed by atoms with van der Waals surface area (Å²) >= 11 is 0. The minimum atomic E-state index is -0.202. The van der Waals surface area contributed by atoms with Gasteiger partial charge in [0.15, 0.2) is 0 Å². The topological polar surface area (TPSA) is 35.8 Å². The van der Waals surface area contributed by atoms with Crippen molar-refractivity contribution < 1.29 is 0 Å². The summed E-state index contributed by atoms with van der Waals surface area (Å²) in [4.78, 5) is 0. The predicted octanol–water partition coefficient (Wildman–Crippen LogP) is 2.85. The third-order valence-electron chi connectivity index (χ3n) is 3.21. The highest BCUT2D eigenvalue weighted by Gasteiger charge is 2.34. The molecule has 0 aromatic carbocycles. The molecule has 0 saturated heterocycles. The quantitative estimate of drug-likeness (QED) is 0.698. The van der Waals surface area contributed by atoms with E-state index in [4.69, 9.17) is 0 Å².